The molecule has 2 amide bonds. The number of sulfonamides is 1. The minimum atomic E-state index is -4.33. The van der Waals surface area contributed by atoms with E-state index in [1.807, 2.05) is 45.0 Å². The molecule has 0 spiro atoms. The molecule has 1 saturated carbocycles. The number of nitrogens with one attached hydrogen (secondary N) is 1. The fourth-order valence-electron chi connectivity index (χ4n) is 5.30. The van der Waals surface area contributed by atoms with Crippen molar-refractivity contribution >= 4 is 27.5 Å². The van der Waals surface area contributed by atoms with Crippen LogP contribution in [0.2, 0.25) is 0 Å². The van der Waals surface area contributed by atoms with E-state index in [9.17, 15) is 18.0 Å². The minimum absolute atomic E-state index is 0.0595. The topological polar surface area (TPSA) is 86.8 Å². The maximum absolute atomic E-state index is 15.1. The van der Waals surface area contributed by atoms with Crippen molar-refractivity contribution < 1.29 is 22.4 Å². The number of anilines is 1. The smallest absolute Gasteiger partial charge is 0.264 e. The molecule has 1 aliphatic rings. The second-order valence-corrected chi connectivity index (χ2v) is 12.6. The predicted octanol–water partition coefficient (Wildman–Crippen LogP) is 5.50. The molecule has 218 valence electrons. The van der Waals surface area contributed by atoms with Gasteiger partial charge in [-0.05, 0) is 62.9 Å². The molecule has 1 aliphatic carbocycles. The second kappa shape index (κ2) is 13.3. The van der Waals surface area contributed by atoms with Gasteiger partial charge in [-0.25, -0.2) is 12.8 Å². The Balaban J connectivity index is 1.72. The van der Waals surface area contributed by atoms with Gasteiger partial charge >= 0.3 is 0 Å². The summed E-state index contributed by atoms with van der Waals surface area (Å²) in [7, 11) is -4.33. The second-order valence-electron chi connectivity index (χ2n) is 10.7. The molecule has 0 bridgehead atoms. The Labute approximate surface area is 242 Å². The summed E-state index contributed by atoms with van der Waals surface area (Å²) in [5, 5.41) is 3.09. The predicted molar refractivity (Wildman–Crippen MR) is 158 cm³/mol. The van der Waals surface area contributed by atoms with Crippen LogP contribution in [0, 0.1) is 19.7 Å². The average Bonchev–Trinajstić information content (AvgIpc) is 3.45. The number of hydrogen-bond donors (Lipinski definition) is 1. The molecular weight excluding hydrogens is 541 g/mol. The van der Waals surface area contributed by atoms with Crippen LogP contribution in [0.3, 0.4) is 0 Å². The molecule has 7 nitrogen and oxygen atoms in total. The molecule has 0 saturated heterocycles. The number of amides is 2. The summed E-state index contributed by atoms with van der Waals surface area (Å²) in [6.45, 7) is 5.03. The number of aryl methyl sites for hydroxylation is 2. The van der Waals surface area contributed by atoms with Gasteiger partial charge < -0.3 is 10.2 Å². The molecule has 1 atom stereocenters. The highest BCUT2D eigenvalue weighted by Crippen LogP contribution is 2.27. The normalized spacial score (nSPS) is 14.4. The molecule has 1 N–H and O–H groups in total. The van der Waals surface area contributed by atoms with E-state index in [-0.39, 0.29) is 29.1 Å². The maximum Gasteiger partial charge on any atom is 0.264 e. The molecule has 0 unspecified atom stereocenters. The quantitative estimate of drug-likeness (QED) is 0.325. The van der Waals surface area contributed by atoms with Gasteiger partial charge in [0.2, 0.25) is 11.8 Å². The first-order valence-electron chi connectivity index (χ1n) is 14.1. The van der Waals surface area contributed by atoms with Gasteiger partial charge in [-0.2, -0.15) is 0 Å². The van der Waals surface area contributed by atoms with E-state index in [0.717, 1.165) is 52.7 Å². The number of benzene rings is 3. The van der Waals surface area contributed by atoms with Crippen molar-refractivity contribution in [3.8, 4) is 0 Å². The SMILES string of the molecule is CC[C@H](C(=O)NC1CCCC1)N(Cc1cccc(C)c1)C(=O)CN(c1ccccc1F)S(=O)(=O)c1ccc(C)cc1. The first-order valence-corrected chi connectivity index (χ1v) is 15.5. The molecule has 0 aliphatic heterocycles. The summed E-state index contributed by atoms with van der Waals surface area (Å²) < 4.78 is 43.6. The molecule has 0 aromatic heterocycles. The fourth-order valence-corrected chi connectivity index (χ4v) is 6.72. The molecule has 41 heavy (non-hydrogen) atoms. The van der Waals surface area contributed by atoms with Crippen LogP contribution < -0.4 is 9.62 Å². The Morgan fingerprint density at radius 2 is 1.63 bits per heavy atom. The van der Waals surface area contributed by atoms with Crippen LogP contribution in [0.4, 0.5) is 10.1 Å². The number of rotatable bonds is 11. The highest BCUT2D eigenvalue weighted by atomic mass is 32.2. The number of nitrogens with zero attached hydrogens (tertiary/aromatic N) is 2. The summed E-state index contributed by atoms with van der Waals surface area (Å²) in [5.74, 6) is -1.63. The molecule has 3 aromatic carbocycles. The van der Waals surface area contributed by atoms with Crippen LogP contribution in [0.1, 0.15) is 55.7 Å². The summed E-state index contributed by atoms with van der Waals surface area (Å²) in [6.07, 6.45) is 4.21. The van der Waals surface area contributed by atoms with Crippen molar-refractivity contribution in [2.24, 2.45) is 0 Å². The summed E-state index contributed by atoms with van der Waals surface area (Å²) >= 11 is 0. The standard InChI is InChI=1S/C32H38FN3O4S/c1-4-29(32(38)34-26-12-5-6-13-26)35(21-25-11-9-10-24(3)20-25)31(37)22-36(30-15-8-7-14-28(30)33)41(39,40)27-18-16-23(2)17-19-27/h7-11,14-20,26,29H,4-6,12-13,21-22H2,1-3H3,(H,34,38)/t29-/m1/s1. The Bertz CT molecular complexity index is 1470. The molecule has 3 aromatic rings. The van der Waals surface area contributed by atoms with Gasteiger partial charge in [-0.3, -0.25) is 13.9 Å². The van der Waals surface area contributed by atoms with Gasteiger partial charge in [-0.1, -0.05) is 79.4 Å². The van der Waals surface area contributed by atoms with Crippen molar-refractivity contribution in [1.82, 2.24) is 10.2 Å². The third-order valence-corrected chi connectivity index (χ3v) is 9.31. The highest BCUT2D eigenvalue weighted by Gasteiger charge is 2.35. The molecule has 0 heterocycles. The van der Waals surface area contributed by atoms with Crippen LogP contribution >= 0.6 is 0 Å². The zero-order valence-corrected chi connectivity index (χ0v) is 24.7. The van der Waals surface area contributed by atoms with E-state index >= 15 is 4.39 Å². The van der Waals surface area contributed by atoms with Crippen LogP contribution in [0.15, 0.2) is 77.7 Å². The number of halogens is 1. The average molecular weight is 580 g/mol. The molecular formula is C32H38FN3O4S. The van der Waals surface area contributed by atoms with Gasteiger partial charge in [-0.15, -0.1) is 0 Å². The first kappa shape index (κ1) is 30.2. The van der Waals surface area contributed by atoms with Crippen molar-refractivity contribution in [3.63, 3.8) is 0 Å². The van der Waals surface area contributed by atoms with E-state index in [0.29, 0.717) is 6.42 Å². The molecule has 1 fully saturated rings. The van der Waals surface area contributed by atoms with E-state index in [4.69, 9.17) is 0 Å². The lowest BCUT2D eigenvalue weighted by molar-refractivity contribution is -0.140. The van der Waals surface area contributed by atoms with Gasteiger partial charge in [0, 0.05) is 12.6 Å². The number of carbonyl (C=O) groups is 2. The lowest BCUT2D eigenvalue weighted by Gasteiger charge is -2.34. The summed E-state index contributed by atoms with van der Waals surface area (Å²) in [5.41, 5.74) is 2.43. The van der Waals surface area contributed by atoms with Crippen molar-refractivity contribution in [1.29, 1.82) is 0 Å². The summed E-state index contributed by atoms with van der Waals surface area (Å²) in [4.78, 5) is 29.0. The lowest BCUT2D eigenvalue weighted by atomic mass is 10.1. The number of hydrogen-bond acceptors (Lipinski definition) is 4. The lowest BCUT2D eigenvalue weighted by Crippen LogP contribution is -2.53. The monoisotopic (exact) mass is 579 g/mol. The van der Waals surface area contributed by atoms with Crippen LogP contribution in [-0.4, -0.2) is 43.8 Å². The summed E-state index contributed by atoms with van der Waals surface area (Å²) in [6, 6.07) is 18.5. The zero-order chi connectivity index (χ0) is 29.6. The van der Waals surface area contributed by atoms with Crippen molar-refractivity contribution in [3.05, 3.63) is 95.3 Å². The molecule has 0 radical (unpaired) electrons. The van der Waals surface area contributed by atoms with Crippen LogP contribution in [0.25, 0.3) is 0 Å². The van der Waals surface area contributed by atoms with E-state index in [1.54, 1.807) is 12.1 Å². The van der Waals surface area contributed by atoms with Gasteiger partial charge in [0.15, 0.2) is 0 Å². The number of carbonyl (C=O) groups excluding carboxylic acids is 2. The maximum atomic E-state index is 15.1. The zero-order valence-electron chi connectivity index (χ0n) is 23.8. The largest absolute Gasteiger partial charge is 0.352 e. The van der Waals surface area contributed by atoms with E-state index < -0.39 is 34.3 Å². The molecule has 4 rings (SSSR count). The first-order chi connectivity index (χ1) is 19.6. The van der Waals surface area contributed by atoms with Crippen LogP contribution in [0.5, 0.6) is 0 Å². The third-order valence-electron chi connectivity index (χ3n) is 7.53. The van der Waals surface area contributed by atoms with Gasteiger partial charge in [0.05, 0.1) is 10.6 Å². The van der Waals surface area contributed by atoms with Gasteiger partial charge in [0.25, 0.3) is 10.0 Å². The van der Waals surface area contributed by atoms with Crippen molar-refractivity contribution in [2.45, 2.75) is 76.4 Å². The van der Waals surface area contributed by atoms with E-state index in [1.165, 1.54) is 35.2 Å². The minimum Gasteiger partial charge on any atom is -0.352 e. The highest BCUT2D eigenvalue weighted by molar-refractivity contribution is 7.92. The van der Waals surface area contributed by atoms with Crippen LogP contribution in [-0.2, 0) is 26.2 Å². The van der Waals surface area contributed by atoms with E-state index in [2.05, 4.69) is 5.32 Å². The Morgan fingerprint density at radius 1 is 0.951 bits per heavy atom. The Morgan fingerprint density at radius 3 is 2.27 bits per heavy atom. The Hall–Kier alpha value is -3.72. The number of para-hydroxylation sites is 1. The molecule has 9 heteroatoms. The fraction of sp³-hybridized carbons (Fsp3) is 0.375. The van der Waals surface area contributed by atoms with Crippen molar-refractivity contribution in [2.75, 3.05) is 10.8 Å². The van der Waals surface area contributed by atoms with Gasteiger partial charge in [0.1, 0.15) is 18.4 Å². The third kappa shape index (κ3) is 7.33. The Kier molecular flexibility index (Phi) is 9.81.